The van der Waals surface area contributed by atoms with Gasteiger partial charge < -0.3 is 19.7 Å². The lowest BCUT2D eigenvalue weighted by Gasteiger charge is -2.35. The Labute approximate surface area is 264 Å². The van der Waals surface area contributed by atoms with E-state index in [1.807, 2.05) is 30.3 Å². The Bertz CT molecular complexity index is 1550. The summed E-state index contributed by atoms with van der Waals surface area (Å²) in [5.74, 6) is 0.140. The molecule has 3 aromatic carbocycles. The zero-order chi connectivity index (χ0) is 31.1. The third-order valence-electron chi connectivity index (χ3n) is 7.98. The number of amides is 2. The molecule has 1 atom stereocenters. The Morgan fingerprint density at radius 3 is 2.27 bits per heavy atom. The summed E-state index contributed by atoms with van der Waals surface area (Å²) in [5, 5.41) is 3.75. The number of sulfonamides is 1. The van der Waals surface area contributed by atoms with Crippen molar-refractivity contribution in [2.75, 3.05) is 30.3 Å². The largest absolute Gasteiger partial charge is 0.486 e. The first-order chi connectivity index (χ1) is 21.2. The van der Waals surface area contributed by atoms with E-state index in [9.17, 15) is 18.0 Å². The lowest BCUT2D eigenvalue weighted by Crippen LogP contribution is -2.55. The molecule has 0 saturated heterocycles. The van der Waals surface area contributed by atoms with Gasteiger partial charge in [-0.15, -0.1) is 0 Å². The molecule has 0 radical (unpaired) electrons. The number of nitrogens with zero attached hydrogens (tertiary/aromatic N) is 2. The molecule has 0 bridgehead atoms. The number of benzene rings is 3. The zero-order valence-electron chi connectivity index (χ0n) is 24.8. The maximum Gasteiger partial charge on any atom is 0.244 e. The van der Waals surface area contributed by atoms with Crippen molar-refractivity contribution in [3.63, 3.8) is 0 Å². The van der Waals surface area contributed by atoms with Crippen molar-refractivity contribution in [2.24, 2.45) is 0 Å². The summed E-state index contributed by atoms with van der Waals surface area (Å²) in [5.41, 5.74) is 1.91. The van der Waals surface area contributed by atoms with Gasteiger partial charge in [0.1, 0.15) is 25.8 Å². The SMILES string of the molecule is CS(=O)(=O)N(CC(=O)N(Cc1ccc(Cl)cc1)[C@@H](Cc1ccccc1)C(=O)NC1CCCCC1)c1ccc2c(c1)OCCO2. The number of anilines is 1. The highest BCUT2D eigenvalue weighted by Crippen LogP contribution is 2.35. The van der Waals surface area contributed by atoms with E-state index in [-0.39, 0.29) is 30.6 Å². The normalized spacial score (nSPS) is 15.7. The zero-order valence-corrected chi connectivity index (χ0v) is 26.4. The van der Waals surface area contributed by atoms with Crippen molar-refractivity contribution >= 4 is 39.1 Å². The van der Waals surface area contributed by atoms with Crippen LogP contribution in [0.4, 0.5) is 5.69 Å². The van der Waals surface area contributed by atoms with Gasteiger partial charge in [-0.05, 0) is 48.2 Å². The van der Waals surface area contributed by atoms with Gasteiger partial charge in [0.15, 0.2) is 11.5 Å². The van der Waals surface area contributed by atoms with E-state index < -0.39 is 28.5 Å². The summed E-state index contributed by atoms with van der Waals surface area (Å²) < 4.78 is 38.5. The monoisotopic (exact) mass is 639 g/mol. The molecule has 1 heterocycles. The highest BCUT2D eigenvalue weighted by atomic mass is 35.5. The van der Waals surface area contributed by atoms with Gasteiger partial charge in [0.2, 0.25) is 21.8 Å². The van der Waals surface area contributed by atoms with Crippen LogP contribution in [0.1, 0.15) is 43.2 Å². The fraction of sp³-hybridized carbons (Fsp3) is 0.394. The van der Waals surface area contributed by atoms with E-state index in [0.29, 0.717) is 29.7 Å². The topological polar surface area (TPSA) is 105 Å². The van der Waals surface area contributed by atoms with Gasteiger partial charge in [-0.25, -0.2) is 8.42 Å². The maximum atomic E-state index is 14.3. The minimum absolute atomic E-state index is 0.0345. The van der Waals surface area contributed by atoms with E-state index in [4.69, 9.17) is 21.1 Å². The molecule has 1 aliphatic heterocycles. The van der Waals surface area contributed by atoms with Crippen molar-refractivity contribution in [1.82, 2.24) is 10.2 Å². The van der Waals surface area contributed by atoms with Crippen LogP contribution in [0.15, 0.2) is 72.8 Å². The van der Waals surface area contributed by atoms with Crippen molar-refractivity contribution in [1.29, 1.82) is 0 Å². The lowest BCUT2D eigenvalue weighted by molar-refractivity contribution is -0.140. The number of nitrogens with one attached hydrogen (secondary N) is 1. The van der Waals surface area contributed by atoms with E-state index in [1.54, 1.807) is 42.5 Å². The summed E-state index contributed by atoms with van der Waals surface area (Å²) >= 11 is 6.14. The van der Waals surface area contributed by atoms with Gasteiger partial charge in [-0.1, -0.05) is 73.3 Å². The summed E-state index contributed by atoms with van der Waals surface area (Å²) in [7, 11) is -3.91. The molecule has 2 amide bonds. The molecule has 1 fully saturated rings. The van der Waals surface area contributed by atoms with Gasteiger partial charge in [0.25, 0.3) is 0 Å². The molecule has 0 spiro atoms. The minimum Gasteiger partial charge on any atom is -0.486 e. The second-order valence-electron chi connectivity index (χ2n) is 11.3. The fourth-order valence-electron chi connectivity index (χ4n) is 5.69. The number of carbonyl (C=O) groups excluding carboxylic acids is 2. The van der Waals surface area contributed by atoms with Crippen LogP contribution in [-0.2, 0) is 32.6 Å². The smallest absolute Gasteiger partial charge is 0.244 e. The van der Waals surface area contributed by atoms with Crippen LogP contribution in [-0.4, -0.2) is 63.2 Å². The Balaban J connectivity index is 1.50. The first kappa shape index (κ1) is 31.7. The van der Waals surface area contributed by atoms with Crippen LogP contribution in [0.2, 0.25) is 5.02 Å². The first-order valence-electron chi connectivity index (χ1n) is 14.9. The third kappa shape index (κ3) is 8.24. The summed E-state index contributed by atoms with van der Waals surface area (Å²) in [6, 6.07) is 20.5. The lowest BCUT2D eigenvalue weighted by atomic mass is 9.94. The Morgan fingerprint density at radius 2 is 1.59 bits per heavy atom. The predicted octanol–water partition coefficient (Wildman–Crippen LogP) is 4.97. The predicted molar refractivity (Wildman–Crippen MR) is 171 cm³/mol. The third-order valence-corrected chi connectivity index (χ3v) is 9.37. The average Bonchev–Trinajstić information content (AvgIpc) is 3.02. The molecule has 11 heteroatoms. The molecule has 44 heavy (non-hydrogen) atoms. The molecule has 0 aromatic heterocycles. The van der Waals surface area contributed by atoms with Crippen LogP contribution in [0, 0.1) is 0 Å². The highest BCUT2D eigenvalue weighted by molar-refractivity contribution is 7.92. The van der Waals surface area contributed by atoms with E-state index in [1.165, 1.54) is 4.90 Å². The van der Waals surface area contributed by atoms with Gasteiger partial charge in [-0.3, -0.25) is 13.9 Å². The van der Waals surface area contributed by atoms with Crippen LogP contribution >= 0.6 is 11.6 Å². The molecule has 0 unspecified atom stereocenters. The molecule has 1 aliphatic carbocycles. The van der Waals surface area contributed by atoms with Crippen molar-refractivity contribution in [3.8, 4) is 11.5 Å². The van der Waals surface area contributed by atoms with E-state index in [0.717, 1.165) is 53.8 Å². The number of hydrogen-bond donors (Lipinski definition) is 1. The van der Waals surface area contributed by atoms with Gasteiger partial charge >= 0.3 is 0 Å². The molecule has 9 nitrogen and oxygen atoms in total. The summed E-state index contributed by atoms with van der Waals surface area (Å²) in [6.07, 6.45) is 6.32. The van der Waals surface area contributed by atoms with E-state index >= 15 is 0 Å². The molecule has 2 aliphatic rings. The number of ether oxygens (including phenoxy) is 2. The molecule has 1 N–H and O–H groups in total. The van der Waals surface area contributed by atoms with Crippen molar-refractivity contribution < 1.29 is 27.5 Å². The standard InChI is InChI=1S/C33H38ClN3O6S/c1-44(40,41)37(28-16-17-30-31(21-28)43-19-18-42-30)23-32(38)36(22-25-12-14-26(34)15-13-25)29(20-24-8-4-2-5-9-24)33(39)35-27-10-6-3-7-11-27/h2,4-5,8-9,12-17,21,27,29H,3,6-7,10-11,18-20,22-23H2,1H3,(H,35,39)/t29-/m0/s1. The number of carbonyl (C=O) groups is 2. The van der Waals surface area contributed by atoms with Gasteiger partial charge in [0.05, 0.1) is 11.9 Å². The highest BCUT2D eigenvalue weighted by Gasteiger charge is 2.34. The van der Waals surface area contributed by atoms with Gasteiger partial charge in [-0.2, -0.15) is 0 Å². The molecular weight excluding hydrogens is 602 g/mol. The maximum absolute atomic E-state index is 14.3. The molecular formula is C33H38ClN3O6S. The Kier molecular flexibility index (Phi) is 10.3. The number of fused-ring (bicyclic) bond motifs is 1. The number of halogens is 1. The van der Waals surface area contributed by atoms with Crippen LogP contribution in [0.25, 0.3) is 0 Å². The van der Waals surface area contributed by atoms with Crippen LogP contribution in [0.3, 0.4) is 0 Å². The second-order valence-corrected chi connectivity index (χ2v) is 13.6. The molecule has 3 aromatic rings. The van der Waals surface area contributed by atoms with Crippen LogP contribution in [0.5, 0.6) is 11.5 Å². The van der Waals surface area contributed by atoms with Gasteiger partial charge in [0, 0.05) is 30.1 Å². The summed E-state index contributed by atoms with van der Waals surface area (Å²) in [6.45, 7) is 0.310. The summed E-state index contributed by atoms with van der Waals surface area (Å²) in [4.78, 5) is 29.8. The second kappa shape index (κ2) is 14.3. The Morgan fingerprint density at radius 1 is 0.909 bits per heavy atom. The first-order valence-corrected chi connectivity index (χ1v) is 17.2. The van der Waals surface area contributed by atoms with Crippen LogP contribution < -0.4 is 19.1 Å². The Hall–Kier alpha value is -3.76. The van der Waals surface area contributed by atoms with Crippen molar-refractivity contribution in [3.05, 3.63) is 88.9 Å². The minimum atomic E-state index is -3.91. The average molecular weight is 640 g/mol. The fourth-order valence-corrected chi connectivity index (χ4v) is 6.65. The van der Waals surface area contributed by atoms with Crippen molar-refractivity contribution in [2.45, 2.75) is 57.2 Å². The molecule has 1 saturated carbocycles. The number of rotatable bonds is 11. The molecule has 5 rings (SSSR count). The number of hydrogen-bond acceptors (Lipinski definition) is 6. The quantitative estimate of drug-likeness (QED) is 0.318. The molecule has 234 valence electrons. The van der Waals surface area contributed by atoms with E-state index in [2.05, 4.69) is 5.32 Å².